The second-order valence-electron chi connectivity index (χ2n) is 4.98. The lowest BCUT2D eigenvalue weighted by atomic mass is 10.0. The van der Waals surface area contributed by atoms with E-state index in [0.29, 0.717) is 5.92 Å². The van der Waals surface area contributed by atoms with Crippen molar-refractivity contribution in [3.8, 4) is 0 Å². The zero-order valence-electron chi connectivity index (χ0n) is 11.4. The lowest BCUT2D eigenvalue weighted by Crippen LogP contribution is -2.36. The van der Waals surface area contributed by atoms with Gasteiger partial charge in [-0.15, -0.1) is 11.8 Å². The number of amidine groups is 1. The van der Waals surface area contributed by atoms with Gasteiger partial charge in [0, 0.05) is 17.1 Å². The van der Waals surface area contributed by atoms with Crippen LogP contribution >= 0.6 is 11.8 Å². The van der Waals surface area contributed by atoms with E-state index in [0.717, 1.165) is 29.1 Å². The van der Waals surface area contributed by atoms with Crippen LogP contribution in [0.15, 0.2) is 23.1 Å². The maximum absolute atomic E-state index is 9.59. The molecule has 4 N–H and O–H groups in total. The summed E-state index contributed by atoms with van der Waals surface area (Å²) in [5.41, 5.74) is 7.53. The minimum Gasteiger partial charge on any atom is -0.394 e. The van der Waals surface area contributed by atoms with Crippen LogP contribution in [0.3, 0.4) is 0 Å². The summed E-state index contributed by atoms with van der Waals surface area (Å²) in [5.74, 6) is 0.555. The van der Waals surface area contributed by atoms with Crippen LogP contribution in [0.5, 0.6) is 0 Å². The van der Waals surface area contributed by atoms with Crippen molar-refractivity contribution in [3.63, 3.8) is 0 Å². The molecule has 0 aliphatic carbocycles. The Morgan fingerprint density at radius 3 is 2.89 bits per heavy atom. The maximum Gasteiger partial charge on any atom is 0.126 e. The first-order chi connectivity index (χ1) is 9.10. The van der Waals surface area contributed by atoms with Crippen molar-refractivity contribution in [3.05, 3.63) is 23.8 Å². The van der Waals surface area contributed by atoms with Gasteiger partial charge in [-0.2, -0.15) is 0 Å². The number of nitrogens with one attached hydrogen (secondary N) is 1. The molecule has 2 unspecified atom stereocenters. The zero-order valence-corrected chi connectivity index (χ0v) is 12.2. The Hall–Kier alpha value is -1.20. The summed E-state index contributed by atoms with van der Waals surface area (Å²) in [4.78, 5) is 3.21. The number of anilines is 1. The largest absolute Gasteiger partial charge is 0.394 e. The monoisotopic (exact) mass is 279 g/mol. The first-order valence-corrected chi connectivity index (χ1v) is 7.71. The molecule has 1 aliphatic heterocycles. The molecule has 104 valence electrons. The molecule has 0 aromatic heterocycles. The van der Waals surface area contributed by atoms with Crippen molar-refractivity contribution < 1.29 is 5.11 Å². The van der Waals surface area contributed by atoms with Gasteiger partial charge in [0.25, 0.3) is 0 Å². The van der Waals surface area contributed by atoms with Gasteiger partial charge in [-0.3, -0.25) is 5.41 Å². The number of hydrogen-bond acceptors (Lipinski definition) is 4. The minimum atomic E-state index is 0.0937. The van der Waals surface area contributed by atoms with E-state index in [4.69, 9.17) is 11.1 Å². The Morgan fingerprint density at radius 2 is 2.32 bits per heavy atom. The number of nitrogens with zero attached hydrogens (tertiary/aromatic N) is 1. The number of aliphatic hydroxyl groups excluding tert-OH is 1. The van der Waals surface area contributed by atoms with Crippen molar-refractivity contribution >= 4 is 23.3 Å². The van der Waals surface area contributed by atoms with E-state index >= 15 is 0 Å². The highest BCUT2D eigenvalue weighted by molar-refractivity contribution is 7.98. The predicted molar refractivity (Wildman–Crippen MR) is 81.2 cm³/mol. The van der Waals surface area contributed by atoms with Crippen LogP contribution in [0.1, 0.15) is 18.9 Å². The molecule has 4 nitrogen and oxygen atoms in total. The molecule has 2 atom stereocenters. The first-order valence-electron chi connectivity index (χ1n) is 6.49. The third kappa shape index (κ3) is 2.58. The first kappa shape index (κ1) is 14.2. The smallest absolute Gasteiger partial charge is 0.126 e. The summed E-state index contributed by atoms with van der Waals surface area (Å²) in [6.45, 7) is 3.21. The van der Waals surface area contributed by atoms with Crippen molar-refractivity contribution in [2.75, 3.05) is 24.3 Å². The highest BCUT2D eigenvalue weighted by Crippen LogP contribution is 2.35. The summed E-state index contributed by atoms with van der Waals surface area (Å²) in [6, 6.07) is 6.09. The molecule has 19 heavy (non-hydrogen) atoms. The third-order valence-electron chi connectivity index (χ3n) is 3.87. The molecule has 1 aliphatic rings. The van der Waals surface area contributed by atoms with Gasteiger partial charge >= 0.3 is 0 Å². The highest BCUT2D eigenvalue weighted by Gasteiger charge is 2.32. The molecule has 2 rings (SSSR count). The van der Waals surface area contributed by atoms with Crippen LogP contribution in [0.4, 0.5) is 5.69 Å². The van der Waals surface area contributed by atoms with Gasteiger partial charge in [0.05, 0.1) is 18.2 Å². The van der Waals surface area contributed by atoms with Crippen molar-refractivity contribution in [2.24, 2.45) is 11.7 Å². The molecule has 5 heteroatoms. The van der Waals surface area contributed by atoms with Gasteiger partial charge in [0.15, 0.2) is 0 Å². The standard InChI is InChI=1S/C14H21N3OS/c1-9-6-7-17(11(9)8-18)10-4-3-5-12(19-2)13(10)14(15)16/h3-5,9,11,18H,6-8H2,1-2H3,(H3,15,16). The van der Waals surface area contributed by atoms with Gasteiger partial charge in [-0.1, -0.05) is 13.0 Å². The third-order valence-corrected chi connectivity index (χ3v) is 4.65. The van der Waals surface area contributed by atoms with E-state index in [1.54, 1.807) is 11.8 Å². The fraction of sp³-hybridized carbons (Fsp3) is 0.500. The normalized spacial score (nSPS) is 22.8. The van der Waals surface area contributed by atoms with Crippen LogP contribution in [-0.4, -0.2) is 36.4 Å². The minimum absolute atomic E-state index is 0.0937. The molecule has 0 bridgehead atoms. The number of rotatable bonds is 4. The van der Waals surface area contributed by atoms with E-state index in [1.807, 2.05) is 24.5 Å². The lowest BCUT2D eigenvalue weighted by molar-refractivity contribution is 0.244. The Bertz CT molecular complexity index is 478. The highest BCUT2D eigenvalue weighted by atomic mass is 32.2. The number of thioether (sulfide) groups is 1. The van der Waals surface area contributed by atoms with E-state index in [1.165, 1.54) is 0 Å². The SMILES string of the molecule is CSc1cccc(N2CCC(C)C2CO)c1C(=N)N. The van der Waals surface area contributed by atoms with Crippen LogP contribution in [0.25, 0.3) is 0 Å². The van der Waals surface area contributed by atoms with E-state index in [9.17, 15) is 5.11 Å². The molecular weight excluding hydrogens is 258 g/mol. The molecule has 1 heterocycles. The summed E-state index contributed by atoms with van der Waals surface area (Å²) in [6.07, 6.45) is 3.05. The number of benzene rings is 1. The second kappa shape index (κ2) is 5.84. The molecule has 0 saturated carbocycles. The van der Waals surface area contributed by atoms with Crippen LogP contribution < -0.4 is 10.6 Å². The molecule has 1 saturated heterocycles. The average molecular weight is 279 g/mol. The molecule has 0 radical (unpaired) electrons. The fourth-order valence-electron chi connectivity index (χ4n) is 2.79. The molecule has 1 aromatic carbocycles. The maximum atomic E-state index is 9.59. The van der Waals surface area contributed by atoms with E-state index in [2.05, 4.69) is 11.8 Å². The van der Waals surface area contributed by atoms with Crippen molar-refractivity contribution in [2.45, 2.75) is 24.3 Å². The summed E-state index contributed by atoms with van der Waals surface area (Å²) in [7, 11) is 0. The summed E-state index contributed by atoms with van der Waals surface area (Å²) < 4.78 is 0. The van der Waals surface area contributed by atoms with Crippen LogP contribution in [0, 0.1) is 11.3 Å². The quantitative estimate of drug-likeness (QED) is 0.447. The number of hydrogen-bond donors (Lipinski definition) is 3. The van der Waals surface area contributed by atoms with Gasteiger partial charge in [-0.25, -0.2) is 0 Å². The number of nitrogen functional groups attached to an aromatic ring is 1. The second-order valence-corrected chi connectivity index (χ2v) is 5.83. The van der Waals surface area contributed by atoms with Gasteiger partial charge < -0.3 is 15.7 Å². The summed E-state index contributed by atoms with van der Waals surface area (Å²) in [5, 5.41) is 17.4. The molecule has 0 spiro atoms. The van der Waals surface area contributed by atoms with Gasteiger partial charge in [0.2, 0.25) is 0 Å². The Morgan fingerprint density at radius 1 is 1.58 bits per heavy atom. The van der Waals surface area contributed by atoms with Gasteiger partial charge in [-0.05, 0) is 30.7 Å². The summed E-state index contributed by atoms with van der Waals surface area (Å²) >= 11 is 1.60. The number of aliphatic hydroxyl groups is 1. The topological polar surface area (TPSA) is 73.3 Å². The molecule has 1 fully saturated rings. The Kier molecular flexibility index (Phi) is 4.37. The van der Waals surface area contributed by atoms with Gasteiger partial charge in [0.1, 0.15) is 5.84 Å². The molecule has 1 aromatic rings. The predicted octanol–water partition coefficient (Wildman–Crippen LogP) is 1.90. The number of nitrogens with two attached hydrogens (primary N) is 1. The van der Waals surface area contributed by atoms with E-state index < -0.39 is 0 Å². The average Bonchev–Trinajstić information content (AvgIpc) is 2.78. The van der Waals surface area contributed by atoms with Crippen LogP contribution in [0.2, 0.25) is 0 Å². The zero-order chi connectivity index (χ0) is 14.0. The van der Waals surface area contributed by atoms with Crippen molar-refractivity contribution in [1.29, 1.82) is 5.41 Å². The fourth-order valence-corrected chi connectivity index (χ4v) is 3.42. The Balaban J connectivity index is 2.47. The molecular formula is C14H21N3OS. The van der Waals surface area contributed by atoms with Crippen molar-refractivity contribution in [1.82, 2.24) is 0 Å². The Labute approximate surface area is 118 Å². The lowest BCUT2D eigenvalue weighted by Gasteiger charge is -2.29. The van der Waals surface area contributed by atoms with Crippen LogP contribution in [-0.2, 0) is 0 Å². The van der Waals surface area contributed by atoms with E-state index in [-0.39, 0.29) is 18.5 Å². The molecule has 0 amide bonds.